The van der Waals surface area contributed by atoms with Gasteiger partial charge in [-0.3, -0.25) is 20.1 Å². The van der Waals surface area contributed by atoms with Crippen LogP contribution in [0.1, 0.15) is 19.4 Å². The van der Waals surface area contributed by atoms with Gasteiger partial charge in [0, 0.05) is 18.9 Å². The molecule has 1 unspecified atom stereocenters. The lowest BCUT2D eigenvalue weighted by atomic mass is 10.0. The van der Waals surface area contributed by atoms with Crippen LogP contribution >= 0.6 is 0 Å². The van der Waals surface area contributed by atoms with Crippen LogP contribution in [0, 0.1) is 5.92 Å². The minimum atomic E-state index is -0.236. The van der Waals surface area contributed by atoms with Gasteiger partial charge in [0.1, 0.15) is 0 Å². The Balaban J connectivity index is 2.72. The maximum absolute atomic E-state index is 11.7. The number of carbonyl (C=O) groups is 1. The molecule has 0 spiro atoms. The number of amides is 1. The van der Waals surface area contributed by atoms with Gasteiger partial charge in [0.15, 0.2) is 0 Å². The number of hydrogen-bond donors (Lipinski definition) is 2. The number of nitrogens with zero attached hydrogens (tertiary/aromatic N) is 2. The van der Waals surface area contributed by atoms with Crippen LogP contribution in [0.15, 0.2) is 24.5 Å². The summed E-state index contributed by atoms with van der Waals surface area (Å²) in [6, 6.07) is 3.64. The molecule has 1 aromatic rings. The minimum Gasteiger partial charge on any atom is -0.293 e. The number of nitrogens with two attached hydrogens (primary N) is 1. The van der Waals surface area contributed by atoms with Gasteiger partial charge in [-0.05, 0) is 24.6 Å². The summed E-state index contributed by atoms with van der Waals surface area (Å²) in [5, 5.41) is 0. The van der Waals surface area contributed by atoms with E-state index in [1.165, 1.54) is 0 Å². The Hall–Kier alpha value is -1.46. The molecule has 1 aromatic heterocycles. The predicted molar refractivity (Wildman–Crippen MR) is 66.7 cm³/mol. The number of carbonyl (C=O) groups excluding carboxylic acids is 1. The van der Waals surface area contributed by atoms with E-state index in [9.17, 15) is 4.79 Å². The first-order chi connectivity index (χ1) is 8.06. The van der Waals surface area contributed by atoms with Gasteiger partial charge >= 0.3 is 0 Å². The van der Waals surface area contributed by atoms with E-state index in [1.807, 2.05) is 37.9 Å². The van der Waals surface area contributed by atoms with E-state index in [1.54, 1.807) is 12.4 Å². The summed E-state index contributed by atoms with van der Waals surface area (Å²) in [7, 11) is 1.91. The van der Waals surface area contributed by atoms with E-state index in [0.717, 1.165) is 5.56 Å². The van der Waals surface area contributed by atoms with Gasteiger partial charge in [-0.1, -0.05) is 19.9 Å². The Bertz CT molecular complexity index is 353. The number of hydrazine groups is 1. The second-order valence-corrected chi connectivity index (χ2v) is 4.47. The molecule has 0 radical (unpaired) electrons. The molecule has 17 heavy (non-hydrogen) atoms. The van der Waals surface area contributed by atoms with Gasteiger partial charge in [0.2, 0.25) is 0 Å². The van der Waals surface area contributed by atoms with Crippen molar-refractivity contribution >= 4 is 5.91 Å². The van der Waals surface area contributed by atoms with Gasteiger partial charge in [-0.2, -0.15) is 0 Å². The third kappa shape index (κ3) is 3.80. The van der Waals surface area contributed by atoms with Crippen LogP contribution in [0.2, 0.25) is 0 Å². The molecule has 94 valence electrons. The minimum absolute atomic E-state index is 0.161. The summed E-state index contributed by atoms with van der Waals surface area (Å²) in [6.07, 6.45) is 3.53. The second kappa shape index (κ2) is 6.32. The Morgan fingerprint density at radius 3 is 2.76 bits per heavy atom. The molecule has 5 heteroatoms. The Kier molecular flexibility index (Phi) is 5.06. The molecule has 0 aliphatic carbocycles. The fraction of sp³-hybridized carbons (Fsp3) is 0.500. The SMILES string of the molecule is CC(C)C(C(=O)NN)N(C)Cc1cccnc1. The van der Waals surface area contributed by atoms with E-state index in [-0.39, 0.29) is 17.9 Å². The third-order valence-corrected chi connectivity index (χ3v) is 2.67. The number of hydrogen-bond acceptors (Lipinski definition) is 4. The summed E-state index contributed by atoms with van der Waals surface area (Å²) in [5.74, 6) is 5.24. The molecule has 3 N–H and O–H groups in total. The Morgan fingerprint density at radius 1 is 1.59 bits per heavy atom. The highest BCUT2D eigenvalue weighted by molar-refractivity contribution is 5.81. The monoisotopic (exact) mass is 236 g/mol. The maximum atomic E-state index is 11.7. The molecular formula is C12H20N4O. The highest BCUT2D eigenvalue weighted by atomic mass is 16.2. The number of likely N-dealkylation sites (N-methyl/N-ethyl adjacent to an activating group) is 1. The molecule has 0 fully saturated rings. The first-order valence-corrected chi connectivity index (χ1v) is 5.66. The van der Waals surface area contributed by atoms with Crippen LogP contribution in [-0.2, 0) is 11.3 Å². The van der Waals surface area contributed by atoms with Gasteiger partial charge in [-0.15, -0.1) is 0 Å². The van der Waals surface area contributed by atoms with Gasteiger partial charge in [0.25, 0.3) is 5.91 Å². The summed E-state index contributed by atoms with van der Waals surface area (Å²) < 4.78 is 0. The van der Waals surface area contributed by atoms with Crippen LogP contribution in [0.4, 0.5) is 0 Å². The fourth-order valence-electron chi connectivity index (χ4n) is 1.98. The van der Waals surface area contributed by atoms with Crippen molar-refractivity contribution in [3.05, 3.63) is 30.1 Å². The first-order valence-electron chi connectivity index (χ1n) is 5.66. The van der Waals surface area contributed by atoms with E-state index in [4.69, 9.17) is 5.84 Å². The van der Waals surface area contributed by atoms with Crippen molar-refractivity contribution in [2.24, 2.45) is 11.8 Å². The van der Waals surface area contributed by atoms with Crippen LogP contribution in [0.25, 0.3) is 0 Å². The Morgan fingerprint density at radius 2 is 2.29 bits per heavy atom. The first kappa shape index (κ1) is 13.6. The summed E-state index contributed by atoms with van der Waals surface area (Å²) >= 11 is 0. The van der Waals surface area contributed by atoms with Crippen LogP contribution in [-0.4, -0.2) is 28.9 Å². The van der Waals surface area contributed by atoms with Crippen molar-refractivity contribution in [3.8, 4) is 0 Å². The zero-order valence-electron chi connectivity index (χ0n) is 10.6. The van der Waals surface area contributed by atoms with Crippen LogP contribution < -0.4 is 11.3 Å². The largest absolute Gasteiger partial charge is 0.293 e. The molecule has 1 amide bonds. The van der Waals surface area contributed by atoms with Gasteiger partial charge in [-0.25, -0.2) is 5.84 Å². The Labute approximate surface area is 102 Å². The van der Waals surface area contributed by atoms with Crippen molar-refractivity contribution < 1.29 is 4.79 Å². The molecule has 0 saturated heterocycles. The molecule has 1 heterocycles. The molecule has 0 aromatic carbocycles. The summed E-state index contributed by atoms with van der Waals surface area (Å²) in [6.45, 7) is 4.67. The lowest BCUT2D eigenvalue weighted by Gasteiger charge is -2.29. The summed E-state index contributed by atoms with van der Waals surface area (Å²) in [4.78, 5) is 17.7. The average Bonchev–Trinajstić information content (AvgIpc) is 2.29. The number of rotatable bonds is 5. The summed E-state index contributed by atoms with van der Waals surface area (Å²) in [5.41, 5.74) is 3.29. The molecule has 0 bridgehead atoms. The average molecular weight is 236 g/mol. The topological polar surface area (TPSA) is 71.2 Å². The van der Waals surface area contributed by atoms with E-state index < -0.39 is 0 Å². The standard InChI is InChI=1S/C12H20N4O/c1-9(2)11(12(17)15-13)16(3)8-10-5-4-6-14-7-10/h4-7,9,11H,8,13H2,1-3H3,(H,15,17). The molecule has 0 aliphatic heterocycles. The van der Waals surface area contributed by atoms with Crippen molar-refractivity contribution in [1.82, 2.24) is 15.3 Å². The number of pyridine rings is 1. The number of nitrogens with one attached hydrogen (secondary N) is 1. The van der Waals surface area contributed by atoms with E-state index >= 15 is 0 Å². The smallest absolute Gasteiger partial charge is 0.251 e. The highest BCUT2D eigenvalue weighted by Gasteiger charge is 2.25. The van der Waals surface area contributed by atoms with Crippen LogP contribution in [0.5, 0.6) is 0 Å². The van der Waals surface area contributed by atoms with E-state index in [0.29, 0.717) is 6.54 Å². The fourth-order valence-corrected chi connectivity index (χ4v) is 1.98. The molecule has 5 nitrogen and oxygen atoms in total. The lowest BCUT2D eigenvalue weighted by molar-refractivity contribution is -0.127. The quantitative estimate of drug-likeness (QED) is 0.444. The number of aromatic nitrogens is 1. The van der Waals surface area contributed by atoms with Crippen LogP contribution in [0.3, 0.4) is 0 Å². The van der Waals surface area contributed by atoms with Crippen molar-refractivity contribution in [3.63, 3.8) is 0 Å². The molecular weight excluding hydrogens is 216 g/mol. The highest BCUT2D eigenvalue weighted by Crippen LogP contribution is 2.12. The zero-order chi connectivity index (χ0) is 12.8. The van der Waals surface area contributed by atoms with E-state index in [2.05, 4.69) is 10.4 Å². The zero-order valence-corrected chi connectivity index (χ0v) is 10.6. The normalized spacial score (nSPS) is 12.8. The van der Waals surface area contributed by atoms with Crippen molar-refractivity contribution in [1.29, 1.82) is 0 Å². The maximum Gasteiger partial charge on any atom is 0.251 e. The van der Waals surface area contributed by atoms with Gasteiger partial charge < -0.3 is 0 Å². The molecule has 1 rings (SSSR count). The lowest BCUT2D eigenvalue weighted by Crippen LogP contribution is -2.50. The predicted octanol–water partition coefficient (Wildman–Crippen LogP) is 0.528. The van der Waals surface area contributed by atoms with Crippen molar-refractivity contribution in [2.75, 3.05) is 7.05 Å². The molecule has 0 aliphatic rings. The van der Waals surface area contributed by atoms with Gasteiger partial charge in [0.05, 0.1) is 6.04 Å². The van der Waals surface area contributed by atoms with Crippen molar-refractivity contribution in [2.45, 2.75) is 26.4 Å². The third-order valence-electron chi connectivity index (χ3n) is 2.67. The molecule has 0 saturated carbocycles. The molecule has 1 atom stereocenters. The second-order valence-electron chi connectivity index (χ2n) is 4.47.